The third-order valence-corrected chi connectivity index (χ3v) is 4.94. The van der Waals surface area contributed by atoms with E-state index in [0.29, 0.717) is 28.1 Å². The van der Waals surface area contributed by atoms with Crippen molar-refractivity contribution in [1.82, 2.24) is 0 Å². The Balaban J connectivity index is 1.54. The Morgan fingerprint density at radius 2 is 1.44 bits per heavy atom. The van der Waals surface area contributed by atoms with E-state index < -0.39 is 30.2 Å². The van der Waals surface area contributed by atoms with Gasteiger partial charge in [0.05, 0.1) is 5.56 Å². The molecule has 0 atom stereocenters. The van der Waals surface area contributed by atoms with Gasteiger partial charge in [-0.15, -0.1) is 0 Å². The summed E-state index contributed by atoms with van der Waals surface area (Å²) >= 11 is 0. The topological polar surface area (TPSA) is 87.6 Å². The van der Waals surface area contributed by atoms with Crippen molar-refractivity contribution < 1.29 is 36.2 Å². The molecule has 0 aromatic heterocycles. The highest BCUT2D eigenvalue weighted by atomic mass is 19.4. The quantitative estimate of drug-likeness (QED) is 0.155. The Kier molecular flexibility index (Phi) is 8.18. The second-order valence-corrected chi connectivity index (χ2v) is 7.95. The molecule has 0 amide bonds. The maximum absolute atomic E-state index is 14.5. The molecule has 5 nitrogen and oxygen atoms in total. The predicted molar refractivity (Wildman–Crippen MR) is 126 cm³/mol. The van der Waals surface area contributed by atoms with Gasteiger partial charge in [-0.3, -0.25) is 0 Å². The minimum Gasteiger partial charge on any atom is -0.458 e. The fraction of sp³-hybridized carbons (Fsp3) is 0.192. The summed E-state index contributed by atoms with van der Waals surface area (Å²) in [6, 6.07) is 14.9. The van der Waals surface area contributed by atoms with E-state index in [0.717, 1.165) is 12.1 Å². The zero-order valence-corrected chi connectivity index (χ0v) is 18.9. The number of carbonyl (C=O) groups excluding carboxylic acids is 1. The highest BCUT2D eigenvalue weighted by molar-refractivity contribution is 5.87. The zero-order valence-electron chi connectivity index (χ0n) is 18.9. The summed E-state index contributed by atoms with van der Waals surface area (Å²) in [7, 11) is 0. The monoisotopic (exact) mass is 506 g/mol. The van der Waals surface area contributed by atoms with Crippen LogP contribution < -0.4 is 16.2 Å². The molecule has 0 unspecified atom stereocenters. The second kappa shape index (κ2) is 11.1. The maximum Gasteiger partial charge on any atom is 0.426 e. The highest BCUT2D eigenvalue weighted by Crippen LogP contribution is 2.32. The number of benzene rings is 3. The van der Waals surface area contributed by atoms with Crippen molar-refractivity contribution in [1.29, 1.82) is 0 Å². The lowest BCUT2D eigenvalue weighted by Crippen LogP contribution is -2.21. The van der Waals surface area contributed by atoms with Crippen molar-refractivity contribution in [3.63, 3.8) is 0 Å². The van der Waals surface area contributed by atoms with Crippen molar-refractivity contribution in [2.45, 2.75) is 31.7 Å². The molecule has 0 fully saturated rings. The number of nitrogen functional groups attached to an aromatic ring is 2. The number of aryl methyl sites for hydroxylation is 1. The lowest BCUT2D eigenvalue weighted by atomic mass is 10.1. The normalized spacial score (nSPS) is 12.0. The summed E-state index contributed by atoms with van der Waals surface area (Å²) in [5.41, 5.74) is 13.2. The summed E-state index contributed by atoms with van der Waals surface area (Å²) in [5, 5.41) is 0. The van der Waals surface area contributed by atoms with Gasteiger partial charge in [0.2, 0.25) is 0 Å². The van der Waals surface area contributed by atoms with Crippen LogP contribution in [0.4, 0.5) is 33.3 Å². The molecule has 0 saturated carbocycles. The fourth-order valence-corrected chi connectivity index (χ4v) is 3.20. The number of anilines is 2. The van der Waals surface area contributed by atoms with Crippen LogP contribution in [0.2, 0.25) is 0 Å². The van der Waals surface area contributed by atoms with Crippen molar-refractivity contribution in [2.75, 3.05) is 11.5 Å². The predicted octanol–water partition coefficient (Wildman–Crippen LogP) is 6.23. The minimum absolute atomic E-state index is 0.0242. The molecule has 3 aromatic rings. The van der Waals surface area contributed by atoms with E-state index in [9.17, 15) is 26.7 Å². The molecule has 3 rings (SSSR count). The molecule has 0 spiro atoms. The Morgan fingerprint density at radius 1 is 0.833 bits per heavy atom. The molecule has 0 bridgehead atoms. The Hall–Kier alpha value is -4.08. The summed E-state index contributed by atoms with van der Waals surface area (Å²) in [6.07, 6.45) is -6.73. The molecule has 4 N–H and O–H groups in total. The molecule has 0 heterocycles. The van der Waals surface area contributed by atoms with Gasteiger partial charge in [0.15, 0.2) is 0 Å². The van der Waals surface area contributed by atoms with Crippen molar-refractivity contribution in [3.8, 4) is 5.75 Å². The number of carbonyl (C=O) groups is 1. The molecule has 10 heteroatoms. The van der Waals surface area contributed by atoms with E-state index in [2.05, 4.69) is 0 Å². The van der Waals surface area contributed by atoms with E-state index in [1.807, 2.05) is 0 Å². The molecule has 0 aliphatic heterocycles. The molecular weight excluding hydrogens is 483 g/mol. The Bertz CT molecular complexity index is 1190. The first-order chi connectivity index (χ1) is 16.9. The first-order valence-electron chi connectivity index (χ1n) is 10.7. The molecule has 0 radical (unpaired) electrons. The van der Waals surface area contributed by atoms with Crippen molar-refractivity contribution >= 4 is 23.4 Å². The van der Waals surface area contributed by atoms with Gasteiger partial charge in [0.25, 0.3) is 0 Å². The number of hydrogen-bond acceptors (Lipinski definition) is 5. The van der Waals surface area contributed by atoms with E-state index in [-0.39, 0.29) is 18.8 Å². The third-order valence-electron chi connectivity index (χ3n) is 4.94. The summed E-state index contributed by atoms with van der Waals surface area (Å²) in [6.45, 7) is -0.0242. The SMILES string of the molecule is Nc1cc(N)cc(COC(=O)/C=C/c2ccc(OC(F)(F)c3ccc(CCC(F)(F)F)cc3)cc2)c1. The maximum atomic E-state index is 14.5. The number of alkyl halides is 5. The fourth-order valence-electron chi connectivity index (χ4n) is 3.20. The van der Waals surface area contributed by atoms with E-state index in [4.69, 9.17) is 20.9 Å². The van der Waals surface area contributed by atoms with Crippen LogP contribution in [-0.4, -0.2) is 12.1 Å². The number of hydrogen-bond donors (Lipinski definition) is 2. The van der Waals surface area contributed by atoms with Gasteiger partial charge < -0.3 is 20.9 Å². The van der Waals surface area contributed by atoms with Gasteiger partial charge in [0.1, 0.15) is 12.4 Å². The number of ether oxygens (including phenoxy) is 2. The van der Waals surface area contributed by atoms with E-state index >= 15 is 0 Å². The lowest BCUT2D eigenvalue weighted by Gasteiger charge is -2.18. The van der Waals surface area contributed by atoms with Gasteiger partial charge in [-0.25, -0.2) is 4.79 Å². The number of rotatable bonds is 9. The number of esters is 1. The van der Waals surface area contributed by atoms with Crippen LogP contribution >= 0.6 is 0 Å². The minimum atomic E-state index is -4.32. The standard InChI is InChI=1S/C26H23F5N2O3/c27-25(28,29)12-11-18-1-6-20(7-2-18)26(30,31)36-23-8-3-17(4-9-23)5-10-24(34)35-16-19-13-21(32)15-22(33)14-19/h1-10,13-15H,11-12,16,32-33H2/b10-5+. The van der Waals surface area contributed by atoms with Gasteiger partial charge in [-0.05, 0) is 71.7 Å². The zero-order chi connectivity index (χ0) is 26.3. The van der Waals surface area contributed by atoms with Crippen molar-refractivity contribution in [2.24, 2.45) is 0 Å². The Morgan fingerprint density at radius 3 is 2.03 bits per heavy atom. The molecule has 36 heavy (non-hydrogen) atoms. The first kappa shape index (κ1) is 26.5. The smallest absolute Gasteiger partial charge is 0.426 e. The van der Waals surface area contributed by atoms with Crippen molar-refractivity contribution in [3.05, 3.63) is 95.1 Å². The molecule has 0 aliphatic carbocycles. The summed E-state index contributed by atoms with van der Waals surface area (Å²) in [4.78, 5) is 11.9. The van der Waals surface area contributed by atoms with Gasteiger partial charge >= 0.3 is 18.3 Å². The molecule has 190 valence electrons. The third kappa shape index (κ3) is 8.30. The van der Waals surface area contributed by atoms with Crippen LogP contribution in [-0.2, 0) is 28.7 Å². The van der Waals surface area contributed by atoms with Crippen LogP contribution in [0.5, 0.6) is 5.75 Å². The average molecular weight is 506 g/mol. The van der Waals surface area contributed by atoms with Crippen LogP contribution in [0.15, 0.2) is 72.8 Å². The van der Waals surface area contributed by atoms with Gasteiger partial charge in [-0.2, -0.15) is 22.0 Å². The lowest BCUT2D eigenvalue weighted by molar-refractivity contribution is -0.185. The molecule has 0 saturated heterocycles. The molecule has 0 aliphatic rings. The molecule has 3 aromatic carbocycles. The van der Waals surface area contributed by atoms with Gasteiger partial charge in [0, 0.05) is 23.9 Å². The Labute approximate surface area is 204 Å². The van der Waals surface area contributed by atoms with E-state index in [1.165, 1.54) is 48.6 Å². The van der Waals surface area contributed by atoms with Crippen LogP contribution in [0.1, 0.15) is 28.7 Å². The number of halogens is 5. The summed E-state index contributed by atoms with van der Waals surface area (Å²) in [5.74, 6) is -0.762. The first-order valence-corrected chi connectivity index (χ1v) is 10.7. The van der Waals surface area contributed by atoms with Crippen LogP contribution in [0, 0.1) is 0 Å². The van der Waals surface area contributed by atoms with E-state index in [1.54, 1.807) is 18.2 Å². The van der Waals surface area contributed by atoms with Gasteiger partial charge in [-0.1, -0.05) is 24.3 Å². The van der Waals surface area contributed by atoms with Crippen LogP contribution in [0.25, 0.3) is 6.08 Å². The average Bonchev–Trinajstić information content (AvgIpc) is 2.80. The highest BCUT2D eigenvalue weighted by Gasteiger charge is 2.34. The number of nitrogens with two attached hydrogens (primary N) is 2. The largest absolute Gasteiger partial charge is 0.458 e. The van der Waals surface area contributed by atoms with Crippen LogP contribution in [0.3, 0.4) is 0 Å². The molecular formula is C26H23F5N2O3. The summed E-state index contributed by atoms with van der Waals surface area (Å²) < 4.78 is 75.8. The second-order valence-electron chi connectivity index (χ2n) is 7.95.